The zero-order valence-corrected chi connectivity index (χ0v) is 14.6. The first-order valence-electron chi connectivity index (χ1n) is 8.96. The lowest BCUT2D eigenvalue weighted by Gasteiger charge is -2.31. The van der Waals surface area contributed by atoms with Gasteiger partial charge in [0.25, 0.3) is 0 Å². The van der Waals surface area contributed by atoms with E-state index in [4.69, 9.17) is 14.2 Å². The molecule has 3 rings (SSSR count). The molecule has 0 radical (unpaired) electrons. The van der Waals surface area contributed by atoms with Crippen LogP contribution in [0.25, 0.3) is 0 Å². The van der Waals surface area contributed by atoms with Crippen molar-refractivity contribution in [3.05, 3.63) is 23.8 Å². The molecule has 1 aromatic carbocycles. The molecule has 132 valence electrons. The first kappa shape index (κ1) is 17.1. The van der Waals surface area contributed by atoms with Crippen molar-refractivity contribution in [3.8, 4) is 11.5 Å². The molecule has 2 aliphatic heterocycles. The number of benzene rings is 1. The largest absolute Gasteiger partial charge is 0.490 e. The summed E-state index contributed by atoms with van der Waals surface area (Å²) in [4.78, 5) is 14.9. The Morgan fingerprint density at radius 1 is 1.33 bits per heavy atom. The average molecular weight is 333 g/mol. The molecule has 0 spiro atoms. The Labute approximate surface area is 143 Å². The van der Waals surface area contributed by atoms with E-state index in [0.717, 1.165) is 49.8 Å². The summed E-state index contributed by atoms with van der Waals surface area (Å²) in [6, 6.07) is 5.91. The smallest absolute Gasteiger partial charge is 0.229 e. The minimum absolute atomic E-state index is 0.114. The molecular formula is C19H27NO4. The second-order valence-corrected chi connectivity index (χ2v) is 6.50. The quantitative estimate of drug-likeness (QED) is 0.803. The van der Waals surface area contributed by atoms with Crippen LogP contribution in [0.4, 0.5) is 0 Å². The van der Waals surface area contributed by atoms with Crippen LogP contribution >= 0.6 is 0 Å². The minimum Gasteiger partial charge on any atom is -0.490 e. The molecule has 5 nitrogen and oxygen atoms in total. The van der Waals surface area contributed by atoms with Crippen LogP contribution in [0.1, 0.15) is 25.8 Å². The molecule has 2 heterocycles. The molecule has 2 atom stereocenters. The summed E-state index contributed by atoms with van der Waals surface area (Å²) >= 11 is 0. The summed E-state index contributed by atoms with van der Waals surface area (Å²) in [6.07, 6.45) is 1.76. The first-order chi connectivity index (χ1) is 11.7. The maximum absolute atomic E-state index is 12.9. The lowest BCUT2D eigenvalue weighted by molar-refractivity contribution is -0.137. The summed E-state index contributed by atoms with van der Waals surface area (Å²) in [5.74, 6) is 2.12. The van der Waals surface area contributed by atoms with Gasteiger partial charge in [-0.2, -0.15) is 0 Å². The third-order valence-corrected chi connectivity index (χ3v) is 4.80. The molecule has 1 amide bonds. The summed E-state index contributed by atoms with van der Waals surface area (Å²) in [7, 11) is 0. The van der Waals surface area contributed by atoms with E-state index in [9.17, 15) is 4.79 Å². The van der Waals surface area contributed by atoms with E-state index in [0.29, 0.717) is 25.6 Å². The van der Waals surface area contributed by atoms with E-state index in [1.807, 2.05) is 36.9 Å². The van der Waals surface area contributed by atoms with Crippen molar-refractivity contribution in [2.24, 2.45) is 11.8 Å². The first-order valence-corrected chi connectivity index (χ1v) is 8.96. The molecule has 24 heavy (non-hydrogen) atoms. The standard InChI is InChI=1S/C19H27NO4/c1-3-20(11-14-8-9-22-12-14)19(21)16-10-15-6-5-7-17(23-4-2)18(15)24-13-16/h5-7,14,16H,3-4,8-13H2,1-2H3/t14-,16+/m1/s1. The fraction of sp³-hybridized carbons (Fsp3) is 0.632. The highest BCUT2D eigenvalue weighted by molar-refractivity contribution is 5.80. The van der Waals surface area contributed by atoms with Crippen LogP contribution in [0.15, 0.2) is 18.2 Å². The molecule has 0 N–H and O–H groups in total. The molecular weight excluding hydrogens is 306 g/mol. The van der Waals surface area contributed by atoms with Gasteiger partial charge in [-0.05, 0) is 38.3 Å². The monoisotopic (exact) mass is 333 g/mol. The minimum atomic E-state index is -0.114. The van der Waals surface area contributed by atoms with Crippen molar-refractivity contribution >= 4 is 5.91 Å². The summed E-state index contributed by atoms with van der Waals surface area (Å²) in [5.41, 5.74) is 1.06. The van der Waals surface area contributed by atoms with E-state index in [-0.39, 0.29) is 11.8 Å². The van der Waals surface area contributed by atoms with Gasteiger partial charge in [0.05, 0.1) is 19.1 Å². The van der Waals surface area contributed by atoms with Gasteiger partial charge in [-0.1, -0.05) is 12.1 Å². The molecule has 0 bridgehead atoms. The van der Waals surface area contributed by atoms with E-state index < -0.39 is 0 Å². The van der Waals surface area contributed by atoms with Gasteiger partial charge in [-0.25, -0.2) is 0 Å². The molecule has 0 aromatic heterocycles. The van der Waals surface area contributed by atoms with Crippen LogP contribution in [0.2, 0.25) is 0 Å². The van der Waals surface area contributed by atoms with Crippen LogP contribution in [-0.2, 0) is 16.0 Å². The Hall–Kier alpha value is -1.75. The van der Waals surface area contributed by atoms with Gasteiger partial charge in [-0.15, -0.1) is 0 Å². The molecule has 1 saturated heterocycles. The maximum atomic E-state index is 12.9. The van der Waals surface area contributed by atoms with Crippen molar-refractivity contribution in [2.45, 2.75) is 26.7 Å². The van der Waals surface area contributed by atoms with E-state index >= 15 is 0 Å². The van der Waals surface area contributed by atoms with Gasteiger partial charge in [0, 0.05) is 25.6 Å². The maximum Gasteiger partial charge on any atom is 0.229 e. The molecule has 1 aromatic rings. The Kier molecular flexibility index (Phi) is 5.61. The summed E-state index contributed by atoms with van der Waals surface area (Å²) in [6.45, 7) is 8.14. The number of hydrogen-bond donors (Lipinski definition) is 0. The normalized spacial score (nSPS) is 22.6. The topological polar surface area (TPSA) is 48.0 Å². The van der Waals surface area contributed by atoms with Gasteiger partial charge < -0.3 is 19.1 Å². The molecule has 2 aliphatic rings. The molecule has 1 fully saturated rings. The van der Waals surface area contributed by atoms with Crippen molar-refractivity contribution < 1.29 is 19.0 Å². The van der Waals surface area contributed by atoms with Gasteiger partial charge in [0.15, 0.2) is 11.5 Å². The lowest BCUT2D eigenvalue weighted by Crippen LogP contribution is -2.43. The number of para-hydroxylation sites is 1. The fourth-order valence-electron chi connectivity index (χ4n) is 3.49. The molecule has 0 saturated carbocycles. The Bertz CT molecular complexity index is 568. The van der Waals surface area contributed by atoms with E-state index in [2.05, 4.69) is 0 Å². The van der Waals surface area contributed by atoms with Crippen molar-refractivity contribution in [2.75, 3.05) is 39.5 Å². The Morgan fingerprint density at radius 3 is 2.92 bits per heavy atom. The zero-order chi connectivity index (χ0) is 16.9. The van der Waals surface area contributed by atoms with Crippen LogP contribution in [0.5, 0.6) is 11.5 Å². The van der Waals surface area contributed by atoms with Crippen LogP contribution < -0.4 is 9.47 Å². The number of nitrogens with zero attached hydrogens (tertiary/aromatic N) is 1. The van der Waals surface area contributed by atoms with Gasteiger partial charge in [0.1, 0.15) is 6.61 Å². The van der Waals surface area contributed by atoms with Crippen molar-refractivity contribution in [1.29, 1.82) is 0 Å². The second-order valence-electron chi connectivity index (χ2n) is 6.50. The van der Waals surface area contributed by atoms with E-state index in [1.165, 1.54) is 0 Å². The van der Waals surface area contributed by atoms with Crippen LogP contribution in [0.3, 0.4) is 0 Å². The number of carbonyl (C=O) groups is 1. The number of fused-ring (bicyclic) bond motifs is 1. The summed E-state index contributed by atoms with van der Waals surface area (Å²) < 4.78 is 17.0. The number of amides is 1. The lowest BCUT2D eigenvalue weighted by atomic mass is 9.94. The number of ether oxygens (including phenoxy) is 3. The molecule has 0 unspecified atom stereocenters. The molecule has 0 aliphatic carbocycles. The predicted octanol–water partition coefficient (Wildman–Crippen LogP) is 2.52. The third-order valence-electron chi connectivity index (χ3n) is 4.80. The Balaban J connectivity index is 1.67. The second kappa shape index (κ2) is 7.88. The highest BCUT2D eigenvalue weighted by atomic mass is 16.5. The van der Waals surface area contributed by atoms with Crippen molar-refractivity contribution in [3.63, 3.8) is 0 Å². The predicted molar refractivity (Wildman–Crippen MR) is 91.5 cm³/mol. The van der Waals surface area contributed by atoms with Crippen molar-refractivity contribution in [1.82, 2.24) is 4.90 Å². The van der Waals surface area contributed by atoms with Crippen LogP contribution in [-0.4, -0.2) is 50.3 Å². The fourth-order valence-corrected chi connectivity index (χ4v) is 3.49. The highest BCUT2D eigenvalue weighted by Gasteiger charge is 2.31. The van der Waals surface area contributed by atoms with Gasteiger partial charge in [-0.3, -0.25) is 4.79 Å². The highest BCUT2D eigenvalue weighted by Crippen LogP contribution is 2.36. The van der Waals surface area contributed by atoms with Crippen LogP contribution in [0, 0.1) is 11.8 Å². The Morgan fingerprint density at radius 2 is 2.21 bits per heavy atom. The number of hydrogen-bond acceptors (Lipinski definition) is 4. The van der Waals surface area contributed by atoms with Gasteiger partial charge >= 0.3 is 0 Å². The van der Waals surface area contributed by atoms with E-state index in [1.54, 1.807) is 0 Å². The average Bonchev–Trinajstić information content (AvgIpc) is 3.12. The zero-order valence-electron chi connectivity index (χ0n) is 14.6. The van der Waals surface area contributed by atoms with Gasteiger partial charge in [0.2, 0.25) is 5.91 Å². The summed E-state index contributed by atoms with van der Waals surface area (Å²) in [5, 5.41) is 0. The SMILES string of the molecule is CCOc1cccc2c1OC[C@@H](C(=O)N(CC)C[C@H]1CCOC1)C2. The molecule has 5 heteroatoms. The number of carbonyl (C=O) groups excluding carboxylic acids is 1. The number of rotatable bonds is 6. The third kappa shape index (κ3) is 3.66.